The summed E-state index contributed by atoms with van der Waals surface area (Å²) < 4.78 is 29.0. The van der Waals surface area contributed by atoms with Gasteiger partial charge in [-0.15, -0.1) is 6.42 Å². The summed E-state index contributed by atoms with van der Waals surface area (Å²) in [5, 5.41) is 5.98. The predicted molar refractivity (Wildman–Crippen MR) is 107 cm³/mol. The second-order valence-electron chi connectivity index (χ2n) is 6.62. The number of nitrogens with zero attached hydrogens (tertiary/aromatic N) is 2. The Kier molecular flexibility index (Phi) is 6.85. The summed E-state index contributed by atoms with van der Waals surface area (Å²) in [5.41, 5.74) is 1.40. The third kappa shape index (κ3) is 5.82. The van der Waals surface area contributed by atoms with E-state index in [0.29, 0.717) is 11.4 Å². The molecule has 0 bridgehead atoms. The van der Waals surface area contributed by atoms with Crippen LogP contribution in [0.2, 0.25) is 0 Å². The topological polar surface area (TPSA) is 66.5 Å². The van der Waals surface area contributed by atoms with Gasteiger partial charge in [0.2, 0.25) is 0 Å². The molecular weight excluding hydrogens is 378 g/mol. The van der Waals surface area contributed by atoms with E-state index in [9.17, 15) is 13.6 Å². The zero-order valence-corrected chi connectivity index (χ0v) is 15.8. The molecule has 1 fully saturated rings. The van der Waals surface area contributed by atoms with Gasteiger partial charge in [-0.05, 0) is 49.2 Å². The number of hydrogen-bond acceptors (Lipinski definition) is 5. The normalized spacial score (nSPS) is 16.2. The van der Waals surface area contributed by atoms with Gasteiger partial charge in [0.1, 0.15) is 11.6 Å². The van der Waals surface area contributed by atoms with Gasteiger partial charge in [-0.1, -0.05) is 5.92 Å². The molecule has 3 rings (SSSR count). The van der Waals surface area contributed by atoms with Gasteiger partial charge < -0.3 is 20.3 Å². The fourth-order valence-corrected chi connectivity index (χ4v) is 3.22. The van der Waals surface area contributed by atoms with Crippen molar-refractivity contribution in [3.63, 3.8) is 0 Å². The molecule has 1 atom stereocenters. The Morgan fingerprint density at radius 1 is 1.31 bits per heavy atom. The predicted octanol–water partition coefficient (Wildman–Crippen LogP) is 3.13. The Labute approximate surface area is 168 Å². The molecule has 2 N–H and O–H groups in total. The molecule has 0 spiro atoms. The lowest BCUT2D eigenvalue weighted by atomic mass is 10.0. The molecule has 0 saturated carbocycles. The van der Waals surface area contributed by atoms with Crippen molar-refractivity contribution in [1.82, 2.24) is 10.3 Å². The van der Waals surface area contributed by atoms with E-state index < -0.39 is 6.61 Å². The number of anilines is 2. The van der Waals surface area contributed by atoms with Gasteiger partial charge in [-0.3, -0.25) is 4.79 Å². The fourth-order valence-electron chi connectivity index (χ4n) is 3.22. The molecule has 29 heavy (non-hydrogen) atoms. The molecule has 1 unspecified atom stereocenters. The van der Waals surface area contributed by atoms with E-state index in [1.54, 1.807) is 36.4 Å². The van der Waals surface area contributed by atoms with Gasteiger partial charge in [0, 0.05) is 31.0 Å². The summed E-state index contributed by atoms with van der Waals surface area (Å²) in [4.78, 5) is 18.4. The summed E-state index contributed by atoms with van der Waals surface area (Å²) >= 11 is 0. The van der Waals surface area contributed by atoms with Crippen LogP contribution in [0.4, 0.5) is 20.3 Å². The minimum Gasteiger partial charge on any atom is -0.435 e. The molecular formula is C21H22F2N4O2. The largest absolute Gasteiger partial charge is 0.435 e. The van der Waals surface area contributed by atoms with E-state index in [-0.39, 0.29) is 24.2 Å². The quantitative estimate of drug-likeness (QED) is 0.699. The highest BCUT2D eigenvalue weighted by molar-refractivity contribution is 5.94. The van der Waals surface area contributed by atoms with Crippen LogP contribution >= 0.6 is 0 Å². The number of rotatable bonds is 7. The molecule has 0 aliphatic carbocycles. The number of hydrogen-bond donors (Lipinski definition) is 2. The smallest absolute Gasteiger partial charge is 0.387 e. The Bertz CT molecular complexity index is 850. The van der Waals surface area contributed by atoms with E-state index in [1.165, 1.54) is 6.20 Å². The van der Waals surface area contributed by atoms with Gasteiger partial charge in [-0.2, -0.15) is 8.78 Å². The van der Waals surface area contributed by atoms with Crippen LogP contribution in [0.15, 0.2) is 42.6 Å². The first-order valence-electron chi connectivity index (χ1n) is 9.29. The minimum absolute atomic E-state index is 0.144. The third-order valence-corrected chi connectivity index (χ3v) is 4.58. The first kappa shape index (κ1) is 20.4. The molecule has 0 radical (unpaired) electrons. The number of nitrogens with one attached hydrogen (secondary N) is 2. The molecule has 1 aromatic heterocycles. The number of amides is 1. The number of pyridine rings is 1. The van der Waals surface area contributed by atoms with Crippen molar-refractivity contribution in [2.45, 2.75) is 25.5 Å². The number of ether oxygens (including phenoxy) is 1. The van der Waals surface area contributed by atoms with Crippen molar-refractivity contribution < 1.29 is 18.3 Å². The summed E-state index contributed by atoms with van der Waals surface area (Å²) in [6.45, 7) is -1.02. The average Bonchev–Trinajstić information content (AvgIpc) is 2.73. The highest BCUT2D eigenvalue weighted by atomic mass is 19.3. The lowest BCUT2D eigenvalue weighted by molar-refractivity contribution is -0.0498. The average molecular weight is 400 g/mol. The minimum atomic E-state index is -2.83. The molecule has 1 aromatic carbocycles. The molecule has 8 heteroatoms. The third-order valence-electron chi connectivity index (χ3n) is 4.58. The number of carbonyl (C=O) groups is 1. The van der Waals surface area contributed by atoms with E-state index in [1.807, 2.05) is 0 Å². The second-order valence-corrected chi connectivity index (χ2v) is 6.62. The maximum absolute atomic E-state index is 12.3. The number of carbonyl (C=O) groups excluding carboxylic acids is 1. The monoisotopic (exact) mass is 400 g/mol. The van der Waals surface area contributed by atoms with Gasteiger partial charge in [0.15, 0.2) is 0 Å². The maximum Gasteiger partial charge on any atom is 0.387 e. The van der Waals surface area contributed by atoms with Crippen molar-refractivity contribution in [3.05, 3.63) is 48.2 Å². The van der Waals surface area contributed by atoms with Crippen LogP contribution < -0.4 is 20.3 Å². The lowest BCUT2D eigenvalue weighted by Crippen LogP contribution is -2.42. The van der Waals surface area contributed by atoms with Crippen molar-refractivity contribution in [1.29, 1.82) is 0 Å². The SMILES string of the molecule is C#CCNC(=O)c1ccc(NC2CCCN(c3ccc(OC(F)F)cc3)C2)nc1. The number of halogens is 2. The van der Waals surface area contributed by atoms with E-state index in [2.05, 4.69) is 31.2 Å². The summed E-state index contributed by atoms with van der Waals surface area (Å²) in [5.74, 6) is 2.92. The molecule has 1 saturated heterocycles. The van der Waals surface area contributed by atoms with Crippen molar-refractivity contribution in [2.75, 3.05) is 29.9 Å². The van der Waals surface area contributed by atoms with Crippen molar-refractivity contribution in [3.8, 4) is 18.1 Å². The number of benzene rings is 1. The number of piperidine rings is 1. The van der Waals surface area contributed by atoms with Crippen LogP contribution in [-0.4, -0.2) is 43.2 Å². The van der Waals surface area contributed by atoms with Crippen LogP contribution in [0.5, 0.6) is 5.75 Å². The molecule has 1 amide bonds. The first-order chi connectivity index (χ1) is 14.0. The second kappa shape index (κ2) is 9.73. The van der Waals surface area contributed by atoms with Gasteiger partial charge >= 0.3 is 6.61 Å². The Morgan fingerprint density at radius 3 is 2.76 bits per heavy atom. The van der Waals surface area contributed by atoms with Gasteiger partial charge in [-0.25, -0.2) is 4.98 Å². The number of terminal acetylenes is 1. The fraction of sp³-hybridized carbons (Fsp3) is 0.333. The lowest BCUT2D eigenvalue weighted by Gasteiger charge is -2.35. The first-order valence-corrected chi connectivity index (χ1v) is 9.29. The summed E-state index contributed by atoms with van der Waals surface area (Å²) in [6.07, 6.45) is 8.61. The van der Waals surface area contributed by atoms with Crippen LogP contribution in [0.3, 0.4) is 0 Å². The van der Waals surface area contributed by atoms with Crippen molar-refractivity contribution >= 4 is 17.4 Å². The summed E-state index contributed by atoms with van der Waals surface area (Å²) in [7, 11) is 0. The summed E-state index contributed by atoms with van der Waals surface area (Å²) in [6, 6.07) is 10.3. The molecule has 1 aliphatic rings. The molecule has 1 aliphatic heterocycles. The van der Waals surface area contributed by atoms with Crippen LogP contribution in [0.1, 0.15) is 23.2 Å². The van der Waals surface area contributed by atoms with E-state index in [4.69, 9.17) is 6.42 Å². The number of aromatic nitrogens is 1. The Balaban J connectivity index is 1.57. The van der Waals surface area contributed by atoms with Crippen LogP contribution in [0.25, 0.3) is 0 Å². The zero-order chi connectivity index (χ0) is 20.6. The molecule has 152 valence electrons. The van der Waals surface area contributed by atoms with Crippen molar-refractivity contribution in [2.24, 2.45) is 0 Å². The molecule has 2 heterocycles. The van der Waals surface area contributed by atoms with Gasteiger partial charge in [0.05, 0.1) is 12.1 Å². The molecule has 2 aromatic rings. The standard InChI is InChI=1S/C21H22F2N4O2/c1-2-11-24-20(28)15-5-10-19(25-13-15)26-16-4-3-12-27(14-16)17-6-8-18(9-7-17)29-21(22)23/h1,5-10,13,16,21H,3-4,11-12,14H2,(H,24,28)(H,25,26). The van der Waals surface area contributed by atoms with Crippen LogP contribution in [0, 0.1) is 12.3 Å². The highest BCUT2D eigenvalue weighted by Crippen LogP contribution is 2.24. The van der Waals surface area contributed by atoms with Gasteiger partial charge in [0.25, 0.3) is 5.91 Å². The Hall–Kier alpha value is -3.34. The molecule has 6 nitrogen and oxygen atoms in total. The van der Waals surface area contributed by atoms with E-state index in [0.717, 1.165) is 31.6 Å². The number of alkyl halides is 2. The highest BCUT2D eigenvalue weighted by Gasteiger charge is 2.20. The van der Waals surface area contributed by atoms with Crippen LogP contribution in [-0.2, 0) is 0 Å². The zero-order valence-electron chi connectivity index (χ0n) is 15.8. The maximum atomic E-state index is 12.3. The Morgan fingerprint density at radius 2 is 2.10 bits per heavy atom. The van der Waals surface area contributed by atoms with E-state index >= 15 is 0 Å².